The van der Waals surface area contributed by atoms with E-state index in [1.165, 1.54) is 4.90 Å². The summed E-state index contributed by atoms with van der Waals surface area (Å²) in [6, 6.07) is 0. The quantitative estimate of drug-likeness (QED) is 0.780. The molecule has 1 amide bonds. The minimum Gasteiger partial charge on any atom is -0.391 e. The maximum Gasteiger partial charge on any atom is 0.231 e. The molecule has 2 heterocycles. The van der Waals surface area contributed by atoms with E-state index in [0.29, 0.717) is 16.3 Å². The number of rotatable bonds is 2. The minimum atomic E-state index is -0.667. The highest BCUT2D eigenvalue weighted by atomic mass is 35.5. The Labute approximate surface area is 94.3 Å². The molecule has 0 aliphatic carbocycles. The van der Waals surface area contributed by atoms with Gasteiger partial charge in [0.25, 0.3) is 0 Å². The number of anilines is 1. The molecule has 0 bridgehead atoms. The number of thiazole rings is 1. The van der Waals surface area contributed by atoms with Crippen LogP contribution in [0.25, 0.3) is 0 Å². The first-order chi connectivity index (χ1) is 7.11. The third-order valence-corrected chi connectivity index (χ3v) is 3.44. The molecule has 0 aromatic carbocycles. The van der Waals surface area contributed by atoms with Gasteiger partial charge in [0.15, 0.2) is 16.6 Å². The molecule has 0 radical (unpaired) electrons. The van der Waals surface area contributed by atoms with Crippen molar-refractivity contribution in [3.63, 3.8) is 0 Å². The number of aliphatic hydroxyl groups excluding tert-OH is 1. The van der Waals surface area contributed by atoms with Gasteiger partial charge in [0.05, 0.1) is 19.1 Å². The normalized spacial score (nSPS) is 21.1. The Kier molecular flexibility index (Phi) is 2.72. The molecule has 1 saturated heterocycles. The lowest BCUT2D eigenvalue weighted by Gasteiger charge is -2.10. The van der Waals surface area contributed by atoms with Gasteiger partial charge < -0.3 is 5.11 Å². The fourth-order valence-electron chi connectivity index (χ4n) is 1.36. The fraction of sp³-hybridized carbons (Fsp3) is 0.375. The molecule has 1 fully saturated rings. The first kappa shape index (κ1) is 10.5. The van der Waals surface area contributed by atoms with Crippen molar-refractivity contribution in [2.45, 2.75) is 12.5 Å². The van der Waals surface area contributed by atoms with Gasteiger partial charge in [0, 0.05) is 0 Å². The van der Waals surface area contributed by atoms with E-state index in [1.54, 1.807) is 0 Å². The molecule has 1 atom stereocenters. The van der Waals surface area contributed by atoms with Crippen LogP contribution < -0.4 is 4.90 Å². The standard InChI is InChI=1S/C8H7ClN2O3S/c9-7-5(3-12)15-8(10-7)11-2-4(13)1-6(11)14/h3-4,13H,1-2H2. The van der Waals surface area contributed by atoms with Crippen molar-refractivity contribution in [2.75, 3.05) is 11.4 Å². The Morgan fingerprint density at radius 3 is 2.87 bits per heavy atom. The first-order valence-corrected chi connectivity index (χ1v) is 5.41. The molecule has 1 N–H and O–H groups in total. The number of aliphatic hydroxyl groups is 1. The van der Waals surface area contributed by atoms with E-state index >= 15 is 0 Å². The van der Waals surface area contributed by atoms with Crippen molar-refractivity contribution in [3.05, 3.63) is 10.0 Å². The molecule has 0 saturated carbocycles. The number of aldehydes is 1. The number of amides is 1. The van der Waals surface area contributed by atoms with Crippen molar-refractivity contribution < 1.29 is 14.7 Å². The van der Waals surface area contributed by atoms with Crippen LogP contribution in [0.2, 0.25) is 5.15 Å². The van der Waals surface area contributed by atoms with E-state index in [9.17, 15) is 14.7 Å². The van der Waals surface area contributed by atoms with E-state index in [0.717, 1.165) is 11.3 Å². The van der Waals surface area contributed by atoms with Crippen molar-refractivity contribution in [3.8, 4) is 0 Å². The zero-order chi connectivity index (χ0) is 11.0. The lowest BCUT2D eigenvalue weighted by Crippen LogP contribution is -2.24. The van der Waals surface area contributed by atoms with Crippen LogP contribution in [0.5, 0.6) is 0 Å². The van der Waals surface area contributed by atoms with Crippen LogP contribution in [-0.2, 0) is 4.79 Å². The van der Waals surface area contributed by atoms with Crippen LogP contribution in [0, 0.1) is 0 Å². The topological polar surface area (TPSA) is 70.5 Å². The van der Waals surface area contributed by atoms with E-state index in [1.807, 2.05) is 0 Å². The van der Waals surface area contributed by atoms with Crippen LogP contribution >= 0.6 is 22.9 Å². The molecule has 15 heavy (non-hydrogen) atoms. The van der Waals surface area contributed by atoms with Gasteiger partial charge in [-0.2, -0.15) is 0 Å². The SMILES string of the molecule is O=Cc1sc(N2CC(O)CC2=O)nc1Cl. The lowest BCUT2D eigenvalue weighted by atomic mass is 10.3. The highest BCUT2D eigenvalue weighted by molar-refractivity contribution is 7.17. The van der Waals surface area contributed by atoms with Crippen molar-refractivity contribution in [1.82, 2.24) is 4.98 Å². The summed E-state index contributed by atoms with van der Waals surface area (Å²) >= 11 is 6.72. The number of halogens is 1. The molecule has 1 unspecified atom stereocenters. The van der Waals surface area contributed by atoms with Gasteiger partial charge in [-0.15, -0.1) is 0 Å². The summed E-state index contributed by atoms with van der Waals surface area (Å²) < 4.78 is 0. The number of nitrogens with zero attached hydrogens (tertiary/aromatic N) is 2. The van der Waals surface area contributed by atoms with Crippen LogP contribution in [0.15, 0.2) is 0 Å². The number of carbonyl (C=O) groups is 2. The van der Waals surface area contributed by atoms with Crippen LogP contribution in [-0.4, -0.2) is 34.9 Å². The highest BCUT2D eigenvalue weighted by Crippen LogP contribution is 2.30. The summed E-state index contributed by atoms with van der Waals surface area (Å²) in [6.45, 7) is 0.209. The molecule has 80 valence electrons. The predicted octanol–water partition coefficient (Wildman–Crippen LogP) is 0.707. The molecule has 7 heteroatoms. The van der Waals surface area contributed by atoms with Crippen molar-refractivity contribution in [1.29, 1.82) is 0 Å². The van der Waals surface area contributed by atoms with Crippen molar-refractivity contribution in [2.24, 2.45) is 0 Å². The Bertz CT molecular complexity index is 420. The van der Waals surface area contributed by atoms with Crippen molar-refractivity contribution >= 4 is 40.3 Å². The zero-order valence-electron chi connectivity index (χ0n) is 7.51. The van der Waals surface area contributed by atoms with Crippen LogP contribution in [0.4, 0.5) is 5.13 Å². The van der Waals surface area contributed by atoms with Gasteiger partial charge in [0.2, 0.25) is 5.91 Å². The molecular weight excluding hydrogens is 240 g/mol. The van der Waals surface area contributed by atoms with Gasteiger partial charge >= 0.3 is 0 Å². The summed E-state index contributed by atoms with van der Waals surface area (Å²) in [5, 5.41) is 9.74. The number of β-amino-alcohol motifs (C(OH)–C–C–N with tert-alkyl or cyclic N) is 1. The average molecular weight is 247 g/mol. The monoisotopic (exact) mass is 246 g/mol. The minimum absolute atomic E-state index is 0.0909. The molecule has 5 nitrogen and oxygen atoms in total. The summed E-state index contributed by atoms with van der Waals surface area (Å²) in [5.74, 6) is -0.203. The average Bonchev–Trinajstić information content (AvgIpc) is 2.69. The van der Waals surface area contributed by atoms with Gasteiger partial charge in [0.1, 0.15) is 4.88 Å². The Hall–Kier alpha value is -0.980. The lowest BCUT2D eigenvalue weighted by molar-refractivity contribution is -0.117. The summed E-state index contributed by atoms with van der Waals surface area (Å²) in [5.41, 5.74) is 0. The molecule has 1 aromatic heterocycles. The van der Waals surface area contributed by atoms with Gasteiger partial charge in [-0.25, -0.2) is 4.98 Å². The molecular formula is C8H7ClN2O3S. The zero-order valence-corrected chi connectivity index (χ0v) is 9.09. The fourth-order valence-corrected chi connectivity index (χ4v) is 2.45. The molecule has 1 aromatic rings. The second-order valence-electron chi connectivity index (χ2n) is 3.13. The third kappa shape index (κ3) is 1.88. The summed E-state index contributed by atoms with van der Waals surface area (Å²) in [6.07, 6.45) is 0.0218. The van der Waals surface area contributed by atoms with E-state index < -0.39 is 6.10 Å². The largest absolute Gasteiger partial charge is 0.391 e. The molecule has 1 aliphatic heterocycles. The number of aromatic nitrogens is 1. The second-order valence-corrected chi connectivity index (χ2v) is 4.50. The first-order valence-electron chi connectivity index (χ1n) is 4.21. The maximum absolute atomic E-state index is 11.4. The Balaban J connectivity index is 2.30. The smallest absolute Gasteiger partial charge is 0.231 e. The second kappa shape index (κ2) is 3.88. The molecule has 2 rings (SSSR count). The van der Waals surface area contributed by atoms with Gasteiger partial charge in [-0.05, 0) is 0 Å². The van der Waals surface area contributed by atoms with Crippen LogP contribution in [0.3, 0.4) is 0 Å². The third-order valence-electron chi connectivity index (χ3n) is 2.04. The van der Waals surface area contributed by atoms with Gasteiger partial charge in [-0.3, -0.25) is 14.5 Å². The van der Waals surface area contributed by atoms with E-state index in [4.69, 9.17) is 11.6 Å². The number of hydrogen-bond acceptors (Lipinski definition) is 5. The van der Waals surface area contributed by atoms with E-state index in [-0.39, 0.29) is 24.0 Å². The highest BCUT2D eigenvalue weighted by Gasteiger charge is 2.31. The van der Waals surface area contributed by atoms with Crippen LogP contribution in [0.1, 0.15) is 16.1 Å². The van der Waals surface area contributed by atoms with Gasteiger partial charge in [-0.1, -0.05) is 22.9 Å². The maximum atomic E-state index is 11.4. The molecule has 1 aliphatic rings. The summed E-state index contributed by atoms with van der Waals surface area (Å²) in [4.78, 5) is 27.5. The number of hydrogen-bond donors (Lipinski definition) is 1. The molecule has 0 spiro atoms. The number of carbonyl (C=O) groups excluding carboxylic acids is 2. The van der Waals surface area contributed by atoms with E-state index in [2.05, 4.69) is 4.98 Å². The predicted molar refractivity (Wildman–Crippen MR) is 55.5 cm³/mol. The Morgan fingerprint density at radius 1 is 1.67 bits per heavy atom. The Morgan fingerprint density at radius 2 is 2.40 bits per heavy atom. The summed E-state index contributed by atoms with van der Waals surface area (Å²) in [7, 11) is 0.